The van der Waals surface area contributed by atoms with E-state index < -0.39 is 5.82 Å². The highest BCUT2D eigenvalue weighted by Crippen LogP contribution is 2.35. The SMILES string of the molecule is CNC(=O)c1cnc(NC(=O)C2CC2)c2[nH]c(-c3ccc4nc(C)n(C)c4c3F)cc12. The van der Waals surface area contributed by atoms with Crippen molar-refractivity contribution in [2.24, 2.45) is 13.0 Å². The van der Waals surface area contributed by atoms with Crippen LogP contribution in [0.4, 0.5) is 10.2 Å². The molecule has 0 atom stereocenters. The summed E-state index contributed by atoms with van der Waals surface area (Å²) in [7, 11) is 3.30. The van der Waals surface area contributed by atoms with Crippen molar-refractivity contribution in [1.82, 2.24) is 24.8 Å². The van der Waals surface area contributed by atoms with Gasteiger partial charge in [-0.2, -0.15) is 0 Å². The van der Waals surface area contributed by atoms with Crippen LogP contribution in [0.3, 0.4) is 0 Å². The highest BCUT2D eigenvalue weighted by Gasteiger charge is 2.30. The molecule has 31 heavy (non-hydrogen) atoms. The Kier molecular flexibility index (Phi) is 4.28. The largest absolute Gasteiger partial charge is 0.355 e. The number of aromatic amines is 1. The number of nitrogens with zero attached hydrogens (tertiary/aromatic N) is 3. The van der Waals surface area contributed by atoms with Gasteiger partial charge in [0.05, 0.1) is 16.6 Å². The van der Waals surface area contributed by atoms with Crippen LogP contribution >= 0.6 is 0 Å². The van der Waals surface area contributed by atoms with Crippen molar-refractivity contribution in [2.75, 3.05) is 12.4 Å². The van der Waals surface area contributed by atoms with Crippen LogP contribution in [0.15, 0.2) is 24.4 Å². The minimum absolute atomic E-state index is 0.00201. The molecular weight excluding hydrogens is 399 g/mol. The molecule has 3 aromatic heterocycles. The number of pyridine rings is 1. The fraction of sp³-hybridized carbons (Fsp3) is 0.273. The molecule has 0 aliphatic heterocycles. The molecule has 1 saturated carbocycles. The van der Waals surface area contributed by atoms with Gasteiger partial charge in [-0.1, -0.05) is 0 Å². The van der Waals surface area contributed by atoms with E-state index >= 15 is 4.39 Å². The standard InChI is InChI=1S/C22H21FN6O2/c1-10-26-15-7-6-12(17(23)19(15)29(10)3)16-8-13-14(22(31)24-2)9-25-20(18(13)27-16)28-21(30)11-4-5-11/h6-9,11,27H,4-5H2,1-3H3,(H,24,31)(H,25,28,30). The number of hydrogen-bond donors (Lipinski definition) is 3. The normalized spacial score (nSPS) is 13.7. The van der Waals surface area contributed by atoms with Crippen molar-refractivity contribution in [3.8, 4) is 11.3 Å². The Morgan fingerprint density at radius 1 is 1.29 bits per heavy atom. The van der Waals surface area contributed by atoms with Gasteiger partial charge in [-0.15, -0.1) is 0 Å². The van der Waals surface area contributed by atoms with Gasteiger partial charge < -0.3 is 20.2 Å². The zero-order valence-electron chi connectivity index (χ0n) is 17.3. The van der Waals surface area contributed by atoms with Crippen LogP contribution in [0.25, 0.3) is 33.2 Å². The molecule has 4 aromatic rings. The average molecular weight is 420 g/mol. The van der Waals surface area contributed by atoms with Gasteiger partial charge in [0.25, 0.3) is 5.91 Å². The summed E-state index contributed by atoms with van der Waals surface area (Å²) in [6.45, 7) is 1.82. The molecule has 0 saturated heterocycles. The van der Waals surface area contributed by atoms with Gasteiger partial charge in [0, 0.05) is 42.9 Å². The maximum atomic E-state index is 15.5. The Bertz CT molecular complexity index is 1380. The molecule has 1 fully saturated rings. The molecule has 0 spiro atoms. The van der Waals surface area contributed by atoms with Gasteiger partial charge in [0.2, 0.25) is 5.91 Å². The van der Waals surface area contributed by atoms with Crippen molar-refractivity contribution < 1.29 is 14.0 Å². The Balaban J connectivity index is 1.70. The number of fused-ring (bicyclic) bond motifs is 2. The second-order valence-electron chi connectivity index (χ2n) is 7.85. The van der Waals surface area contributed by atoms with Crippen LogP contribution in [0, 0.1) is 18.7 Å². The Morgan fingerprint density at radius 2 is 2.06 bits per heavy atom. The molecule has 8 nitrogen and oxygen atoms in total. The minimum Gasteiger partial charge on any atom is -0.355 e. The van der Waals surface area contributed by atoms with E-state index in [1.54, 1.807) is 29.8 Å². The number of rotatable bonds is 4. The molecule has 5 rings (SSSR count). The smallest absolute Gasteiger partial charge is 0.253 e. The van der Waals surface area contributed by atoms with Crippen LogP contribution in [-0.4, -0.2) is 38.4 Å². The quantitative estimate of drug-likeness (QED) is 0.471. The van der Waals surface area contributed by atoms with Crippen LogP contribution in [0.1, 0.15) is 29.0 Å². The van der Waals surface area contributed by atoms with Gasteiger partial charge in [-0.3, -0.25) is 9.59 Å². The predicted octanol–water partition coefficient (Wildman–Crippen LogP) is 3.27. The molecule has 0 unspecified atom stereocenters. The van der Waals surface area contributed by atoms with E-state index in [1.807, 2.05) is 6.92 Å². The lowest BCUT2D eigenvalue weighted by Gasteiger charge is -2.07. The highest BCUT2D eigenvalue weighted by molar-refractivity contribution is 6.11. The van der Waals surface area contributed by atoms with Crippen molar-refractivity contribution in [3.05, 3.63) is 41.6 Å². The highest BCUT2D eigenvalue weighted by atomic mass is 19.1. The molecule has 2 amide bonds. The third kappa shape index (κ3) is 3.04. The lowest BCUT2D eigenvalue weighted by Crippen LogP contribution is -2.19. The number of imidazole rings is 1. The number of benzene rings is 1. The number of nitrogens with one attached hydrogen (secondary N) is 3. The fourth-order valence-corrected chi connectivity index (χ4v) is 3.82. The molecule has 1 aromatic carbocycles. The number of amides is 2. The molecule has 9 heteroatoms. The molecule has 0 bridgehead atoms. The maximum absolute atomic E-state index is 15.5. The molecule has 0 radical (unpaired) electrons. The molecule has 3 heterocycles. The van der Waals surface area contributed by atoms with E-state index in [2.05, 4.69) is 25.6 Å². The van der Waals surface area contributed by atoms with Gasteiger partial charge in [0.1, 0.15) is 11.3 Å². The first-order chi connectivity index (χ1) is 14.9. The summed E-state index contributed by atoms with van der Waals surface area (Å²) in [5.41, 5.74) is 2.61. The average Bonchev–Trinajstić information content (AvgIpc) is 3.45. The van der Waals surface area contributed by atoms with Crippen molar-refractivity contribution >= 4 is 39.6 Å². The summed E-state index contributed by atoms with van der Waals surface area (Å²) >= 11 is 0. The third-order valence-electron chi connectivity index (χ3n) is 5.82. The lowest BCUT2D eigenvalue weighted by molar-refractivity contribution is -0.117. The van der Waals surface area contributed by atoms with Gasteiger partial charge in [-0.25, -0.2) is 14.4 Å². The number of hydrogen-bond acceptors (Lipinski definition) is 4. The van der Waals surface area contributed by atoms with E-state index in [-0.39, 0.29) is 17.7 Å². The van der Waals surface area contributed by atoms with Crippen molar-refractivity contribution in [1.29, 1.82) is 0 Å². The van der Waals surface area contributed by atoms with E-state index in [0.717, 1.165) is 12.8 Å². The number of halogens is 1. The summed E-state index contributed by atoms with van der Waals surface area (Å²) in [5, 5.41) is 5.97. The zero-order valence-corrected chi connectivity index (χ0v) is 17.3. The van der Waals surface area contributed by atoms with Gasteiger partial charge in [0.15, 0.2) is 11.6 Å². The van der Waals surface area contributed by atoms with Crippen molar-refractivity contribution in [3.63, 3.8) is 0 Å². The molecule has 1 aliphatic rings. The second kappa shape index (κ2) is 6.90. The third-order valence-corrected chi connectivity index (χ3v) is 5.82. The molecular formula is C22H21FN6O2. The summed E-state index contributed by atoms with van der Waals surface area (Å²) < 4.78 is 17.2. The number of carbonyl (C=O) groups excluding carboxylic acids is 2. The number of H-pyrrole nitrogens is 1. The first kappa shape index (κ1) is 19.2. The maximum Gasteiger partial charge on any atom is 0.253 e. The minimum atomic E-state index is -0.412. The topological polar surface area (TPSA) is 105 Å². The summed E-state index contributed by atoms with van der Waals surface area (Å²) in [5.74, 6) is 0.197. The molecule has 1 aliphatic carbocycles. The summed E-state index contributed by atoms with van der Waals surface area (Å²) in [4.78, 5) is 36.5. The zero-order chi connectivity index (χ0) is 21.9. The van der Waals surface area contributed by atoms with E-state index in [9.17, 15) is 9.59 Å². The number of carbonyl (C=O) groups is 2. The van der Waals surface area contributed by atoms with E-state index in [4.69, 9.17) is 0 Å². The first-order valence-electron chi connectivity index (χ1n) is 10.1. The van der Waals surface area contributed by atoms with E-state index in [1.165, 1.54) is 13.2 Å². The predicted molar refractivity (Wildman–Crippen MR) is 115 cm³/mol. The van der Waals surface area contributed by atoms with Crippen LogP contribution < -0.4 is 10.6 Å². The van der Waals surface area contributed by atoms with Crippen molar-refractivity contribution in [2.45, 2.75) is 19.8 Å². The summed E-state index contributed by atoms with van der Waals surface area (Å²) in [6.07, 6.45) is 3.14. The molecule has 3 N–H and O–H groups in total. The number of anilines is 1. The monoisotopic (exact) mass is 420 g/mol. The fourth-order valence-electron chi connectivity index (χ4n) is 3.82. The lowest BCUT2D eigenvalue weighted by atomic mass is 10.1. The summed E-state index contributed by atoms with van der Waals surface area (Å²) in [6, 6.07) is 5.13. The Labute approximate surface area is 176 Å². The van der Waals surface area contributed by atoms with Gasteiger partial charge >= 0.3 is 0 Å². The first-order valence-corrected chi connectivity index (χ1v) is 10.1. The van der Waals surface area contributed by atoms with Gasteiger partial charge in [-0.05, 0) is 38.0 Å². The second-order valence-corrected chi connectivity index (χ2v) is 7.85. The van der Waals surface area contributed by atoms with Crippen LogP contribution in [0.5, 0.6) is 0 Å². The molecule has 158 valence electrons. The van der Waals surface area contributed by atoms with E-state index in [0.29, 0.717) is 50.4 Å². The number of aryl methyl sites for hydroxylation is 2. The van der Waals surface area contributed by atoms with Crippen LogP contribution in [0.2, 0.25) is 0 Å². The Hall–Kier alpha value is -3.75. The van der Waals surface area contributed by atoms with Crippen LogP contribution in [-0.2, 0) is 11.8 Å². The Morgan fingerprint density at radius 3 is 2.77 bits per heavy atom. The number of aromatic nitrogens is 4.